The van der Waals surface area contributed by atoms with Crippen LogP contribution in [-0.2, 0) is 18.4 Å². The minimum absolute atomic E-state index is 0.0115. The maximum atomic E-state index is 10.9. The number of nitrogens with one attached hydrogen (secondary N) is 1. The average Bonchev–Trinajstić information content (AvgIpc) is 2.94. The van der Waals surface area contributed by atoms with Crippen LogP contribution in [0.15, 0.2) is 20.5 Å². The molecule has 0 fully saturated rings. The minimum Gasteiger partial charge on any atom is -0.390 e. The van der Waals surface area contributed by atoms with Crippen molar-refractivity contribution in [2.24, 2.45) is 12.0 Å². The predicted octanol–water partition coefficient (Wildman–Crippen LogP) is -0.277. The Morgan fingerprint density at radius 3 is 2.95 bits per heavy atom. The fraction of sp³-hybridized carbons (Fsp3) is 0.300. The van der Waals surface area contributed by atoms with Gasteiger partial charge in [0.05, 0.1) is 12.0 Å². The van der Waals surface area contributed by atoms with Gasteiger partial charge in [-0.05, 0) is 6.92 Å². The lowest BCUT2D eigenvalue weighted by molar-refractivity contribution is -0.115. The normalized spacial score (nSPS) is 11.1. The lowest BCUT2D eigenvalue weighted by atomic mass is 10.5. The first-order chi connectivity index (χ1) is 9.10. The molecule has 0 unspecified atom stereocenters. The standard InChI is InChI=1S/C10H12N6O3/c1-7-9(11-4-15(7)2)12-5-16(6-17)3-8-13-14-10(18)19-8/h4-6H,3H2,1-2H3,(H,14,18)/b12-5-. The SMILES string of the molecule is Cc1c(/N=C\N(C=O)Cc2n[nH]c(=O)o2)ncn1C. The van der Waals surface area contributed by atoms with Crippen LogP contribution < -0.4 is 5.76 Å². The molecule has 2 aromatic rings. The van der Waals surface area contributed by atoms with Gasteiger partial charge in [-0.15, -0.1) is 5.10 Å². The van der Waals surface area contributed by atoms with E-state index in [2.05, 4.69) is 20.2 Å². The van der Waals surface area contributed by atoms with Crippen LogP contribution in [0.4, 0.5) is 5.82 Å². The molecule has 0 aliphatic carbocycles. The molecule has 0 radical (unpaired) electrons. The highest BCUT2D eigenvalue weighted by Gasteiger charge is 2.07. The van der Waals surface area contributed by atoms with Crippen LogP contribution in [0.1, 0.15) is 11.6 Å². The molecule has 0 spiro atoms. The van der Waals surface area contributed by atoms with Crippen LogP contribution in [-0.4, -0.2) is 37.4 Å². The number of aryl methyl sites for hydroxylation is 1. The molecule has 0 saturated heterocycles. The summed E-state index contributed by atoms with van der Waals surface area (Å²) in [7, 11) is 1.84. The number of hydrogen-bond donors (Lipinski definition) is 1. The quantitative estimate of drug-likeness (QED) is 0.454. The van der Waals surface area contributed by atoms with Crippen molar-refractivity contribution in [1.29, 1.82) is 0 Å². The number of nitrogens with zero attached hydrogens (tertiary/aromatic N) is 5. The molecule has 0 aliphatic heterocycles. The first kappa shape index (κ1) is 12.7. The third kappa shape index (κ3) is 2.94. The molecule has 2 rings (SSSR count). The number of aromatic amines is 1. The maximum absolute atomic E-state index is 10.9. The predicted molar refractivity (Wildman–Crippen MR) is 64.8 cm³/mol. The maximum Gasteiger partial charge on any atom is 0.434 e. The van der Waals surface area contributed by atoms with Gasteiger partial charge in [0.2, 0.25) is 12.3 Å². The summed E-state index contributed by atoms with van der Waals surface area (Å²) in [6, 6.07) is 0. The first-order valence-electron chi connectivity index (χ1n) is 5.37. The van der Waals surface area contributed by atoms with Gasteiger partial charge in [-0.3, -0.25) is 9.69 Å². The van der Waals surface area contributed by atoms with Gasteiger partial charge in [-0.1, -0.05) is 0 Å². The second-order valence-electron chi connectivity index (χ2n) is 3.79. The number of aliphatic imine (C=N–C) groups is 1. The lowest BCUT2D eigenvalue weighted by Gasteiger charge is -2.06. The number of H-pyrrole nitrogens is 1. The molecule has 2 aromatic heterocycles. The second kappa shape index (κ2) is 5.29. The number of hydrogen-bond acceptors (Lipinski definition) is 6. The third-order valence-electron chi connectivity index (χ3n) is 2.47. The van der Waals surface area contributed by atoms with Crippen molar-refractivity contribution in [1.82, 2.24) is 24.6 Å². The zero-order valence-corrected chi connectivity index (χ0v) is 10.4. The molecule has 0 atom stereocenters. The van der Waals surface area contributed by atoms with E-state index in [9.17, 15) is 9.59 Å². The van der Waals surface area contributed by atoms with Gasteiger partial charge in [-0.2, -0.15) is 0 Å². The number of aromatic nitrogens is 4. The number of amides is 1. The fourth-order valence-electron chi connectivity index (χ4n) is 1.32. The summed E-state index contributed by atoms with van der Waals surface area (Å²) in [6.07, 6.45) is 3.48. The van der Waals surface area contributed by atoms with Crippen molar-refractivity contribution in [2.75, 3.05) is 0 Å². The molecule has 9 heteroatoms. The summed E-state index contributed by atoms with van der Waals surface area (Å²) in [5.74, 6) is -0.0579. The van der Waals surface area contributed by atoms with E-state index >= 15 is 0 Å². The second-order valence-corrected chi connectivity index (χ2v) is 3.79. The van der Waals surface area contributed by atoms with Gasteiger partial charge in [0.25, 0.3) is 0 Å². The number of carbonyl (C=O) groups is 1. The molecule has 2 heterocycles. The van der Waals surface area contributed by atoms with Crippen LogP contribution in [0.2, 0.25) is 0 Å². The fourth-order valence-corrected chi connectivity index (χ4v) is 1.32. The van der Waals surface area contributed by atoms with Crippen LogP contribution in [0.25, 0.3) is 0 Å². The lowest BCUT2D eigenvalue weighted by Crippen LogP contribution is -2.19. The molecule has 0 aliphatic rings. The molecular formula is C10H12N6O3. The van der Waals surface area contributed by atoms with Crippen LogP contribution in [0.3, 0.4) is 0 Å². The van der Waals surface area contributed by atoms with E-state index in [1.54, 1.807) is 6.33 Å². The largest absolute Gasteiger partial charge is 0.434 e. The molecule has 0 saturated carbocycles. The smallest absolute Gasteiger partial charge is 0.390 e. The highest BCUT2D eigenvalue weighted by molar-refractivity contribution is 5.74. The van der Waals surface area contributed by atoms with Gasteiger partial charge in [-0.25, -0.2) is 19.9 Å². The Labute approximate surface area is 107 Å². The van der Waals surface area contributed by atoms with Crippen molar-refractivity contribution < 1.29 is 9.21 Å². The Morgan fingerprint density at radius 1 is 1.63 bits per heavy atom. The van der Waals surface area contributed by atoms with Crippen molar-refractivity contribution in [3.05, 3.63) is 28.5 Å². The number of carbonyl (C=O) groups excluding carboxylic acids is 1. The van der Waals surface area contributed by atoms with Crippen LogP contribution in [0, 0.1) is 6.92 Å². The van der Waals surface area contributed by atoms with Gasteiger partial charge < -0.3 is 8.98 Å². The number of rotatable bonds is 5. The third-order valence-corrected chi connectivity index (χ3v) is 2.47. The summed E-state index contributed by atoms with van der Waals surface area (Å²) < 4.78 is 6.50. The average molecular weight is 264 g/mol. The van der Waals surface area contributed by atoms with Gasteiger partial charge in [0.1, 0.15) is 12.9 Å². The Kier molecular flexibility index (Phi) is 3.55. The highest BCUT2D eigenvalue weighted by atomic mass is 16.4. The summed E-state index contributed by atoms with van der Waals surface area (Å²) in [5.41, 5.74) is 0.869. The molecule has 19 heavy (non-hydrogen) atoms. The molecule has 1 amide bonds. The first-order valence-corrected chi connectivity index (χ1v) is 5.37. The van der Waals surface area contributed by atoms with Crippen molar-refractivity contribution >= 4 is 18.6 Å². The zero-order chi connectivity index (χ0) is 13.8. The van der Waals surface area contributed by atoms with E-state index in [1.165, 1.54) is 11.2 Å². The van der Waals surface area contributed by atoms with E-state index in [0.717, 1.165) is 5.69 Å². The monoisotopic (exact) mass is 264 g/mol. The van der Waals surface area contributed by atoms with Gasteiger partial charge in [0.15, 0.2) is 5.82 Å². The Bertz CT molecular complexity index is 652. The Morgan fingerprint density at radius 2 is 2.42 bits per heavy atom. The molecule has 100 valence electrons. The molecule has 9 nitrogen and oxygen atoms in total. The summed E-state index contributed by atoms with van der Waals surface area (Å²) >= 11 is 0. The van der Waals surface area contributed by atoms with Crippen LogP contribution >= 0.6 is 0 Å². The van der Waals surface area contributed by atoms with Crippen molar-refractivity contribution in [2.45, 2.75) is 13.5 Å². The minimum atomic E-state index is -0.668. The zero-order valence-electron chi connectivity index (χ0n) is 10.4. The van der Waals surface area contributed by atoms with Crippen molar-refractivity contribution in [3.63, 3.8) is 0 Å². The topological polar surface area (TPSA) is 109 Å². The summed E-state index contributed by atoms with van der Waals surface area (Å²) in [6.45, 7) is 1.87. The van der Waals surface area contributed by atoms with Crippen LogP contribution in [0.5, 0.6) is 0 Å². The van der Waals surface area contributed by atoms with E-state index in [1.807, 2.05) is 18.5 Å². The van der Waals surface area contributed by atoms with Gasteiger partial charge in [0, 0.05) is 7.05 Å². The van der Waals surface area contributed by atoms with Crippen molar-refractivity contribution in [3.8, 4) is 0 Å². The molecule has 0 aromatic carbocycles. The summed E-state index contributed by atoms with van der Waals surface area (Å²) in [4.78, 5) is 31.0. The number of imidazole rings is 1. The van der Waals surface area contributed by atoms with Gasteiger partial charge >= 0.3 is 5.76 Å². The van der Waals surface area contributed by atoms with E-state index in [-0.39, 0.29) is 12.4 Å². The van der Waals surface area contributed by atoms with E-state index in [0.29, 0.717) is 12.2 Å². The van der Waals surface area contributed by atoms with E-state index in [4.69, 9.17) is 4.42 Å². The Hall–Kier alpha value is -2.71. The highest BCUT2D eigenvalue weighted by Crippen LogP contribution is 2.13. The Balaban J connectivity index is 2.09. The molecule has 1 N–H and O–H groups in total. The summed E-state index contributed by atoms with van der Waals surface area (Å²) in [5, 5.41) is 5.70. The van der Waals surface area contributed by atoms with E-state index < -0.39 is 5.76 Å². The molecule has 0 bridgehead atoms. The molecular weight excluding hydrogens is 252 g/mol.